The lowest BCUT2D eigenvalue weighted by Gasteiger charge is -2.07. The van der Waals surface area contributed by atoms with Gasteiger partial charge >= 0.3 is 5.97 Å². The Bertz CT molecular complexity index is 563. The Balaban J connectivity index is 2.61. The molecule has 1 N–H and O–H groups in total. The molecule has 0 aliphatic rings. The first kappa shape index (κ1) is 11.3. The standard InChI is InChI=1S/C12H11FN2O2/c1-2-10-8(12(16)17)7-14-15(10)11-6-4-3-5-9(11)13/h3-7H,2H2,1H3,(H,16,17). The van der Waals surface area contributed by atoms with Crippen molar-refractivity contribution >= 4 is 5.97 Å². The molecule has 5 heteroatoms. The predicted molar refractivity (Wildman–Crippen MR) is 59.9 cm³/mol. The molecule has 4 nitrogen and oxygen atoms in total. The normalized spacial score (nSPS) is 10.5. The fraction of sp³-hybridized carbons (Fsp3) is 0.167. The van der Waals surface area contributed by atoms with Crippen molar-refractivity contribution in [1.82, 2.24) is 9.78 Å². The number of benzene rings is 1. The van der Waals surface area contributed by atoms with E-state index in [0.29, 0.717) is 12.1 Å². The SMILES string of the molecule is CCc1c(C(=O)O)cnn1-c1ccccc1F. The van der Waals surface area contributed by atoms with E-state index >= 15 is 0 Å². The van der Waals surface area contributed by atoms with E-state index in [2.05, 4.69) is 5.10 Å². The molecule has 0 amide bonds. The molecule has 0 fully saturated rings. The number of halogens is 1. The molecule has 0 atom stereocenters. The summed E-state index contributed by atoms with van der Waals surface area (Å²) in [6.45, 7) is 1.81. The molecule has 1 aromatic heterocycles. The van der Waals surface area contributed by atoms with Crippen molar-refractivity contribution < 1.29 is 14.3 Å². The first-order valence-electron chi connectivity index (χ1n) is 5.20. The largest absolute Gasteiger partial charge is 0.478 e. The van der Waals surface area contributed by atoms with Crippen LogP contribution in [0.15, 0.2) is 30.5 Å². The minimum atomic E-state index is -1.05. The summed E-state index contributed by atoms with van der Waals surface area (Å²) in [4.78, 5) is 11.0. The van der Waals surface area contributed by atoms with E-state index in [4.69, 9.17) is 5.11 Å². The molecule has 2 aromatic rings. The second kappa shape index (κ2) is 4.37. The van der Waals surface area contributed by atoms with Crippen molar-refractivity contribution in [2.75, 3.05) is 0 Å². The van der Waals surface area contributed by atoms with Gasteiger partial charge in [0.1, 0.15) is 17.1 Å². The number of aromatic nitrogens is 2. The van der Waals surface area contributed by atoms with Crippen molar-refractivity contribution in [1.29, 1.82) is 0 Å². The molecule has 1 aromatic carbocycles. The molecular formula is C12H11FN2O2. The monoisotopic (exact) mass is 234 g/mol. The van der Waals surface area contributed by atoms with E-state index in [0.717, 1.165) is 0 Å². The van der Waals surface area contributed by atoms with Crippen LogP contribution in [0.1, 0.15) is 23.0 Å². The van der Waals surface area contributed by atoms with Gasteiger partial charge in [0.25, 0.3) is 0 Å². The van der Waals surface area contributed by atoms with Gasteiger partial charge in [-0.15, -0.1) is 0 Å². The van der Waals surface area contributed by atoms with Crippen LogP contribution in [-0.4, -0.2) is 20.9 Å². The highest BCUT2D eigenvalue weighted by atomic mass is 19.1. The smallest absolute Gasteiger partial charge is 0.339 e. The van der Waals surface area contributed by atoms with Gasteiger partial charge in [-0.2, -0.15) is 5.10 Å². The van der Waals surface area contributed by atoms with Crippen molar-refractivity contribution in [3.05, 3.63) is 47.5 Å². The van der Waals surface area contributed by atoms with E-state index in [1.54, 1.807) is 25.1 Å². The zero-order valence-electron chi connectivity index (χ0n) is 9.22. The quantitative estimate of drug-likeness (QED) is 0.886. The fourth-order valence-electron chi connectivity index (χ4n) is 1.72. The molecule has 0 aliphatic heterocycles. The van der Waals surface area contributed by atoms with Crippen LogP contribution in [0, 0.1) is 5.82 Å². The topological polar surface area (TPSA) is 55.1 Å². The fourth-order valence-corrected chi connectivity index (χ4v) is 1.72. The maximum Gasteiger partial charge on any atom is 0.339 e. The molecule has 0 aliphatic carbocycles. The van der Waals surface area contributed by atoms with Crippen LogP contribution in [0.3, 0.4) is 0 Å². The molecule has 0 bridgehead atoms. The van der Waals surface area contributed by atoms with E-state index < -0.39 is 11.8 Å². The zero-order chi connectivity index (χ0) is 12.4. The van der Waals surface area contributed by atoms with E-state index in [1.165, 1.54) is 16.9 Å². The number of aromatic carboxylic acids is 1. The molecule has 0 saturated carbocycles. The lowest BCUT2D eigenvalue weighted by molar-refractivity contribution is 0.0695. The highest BCUT2D eigenvalue weighted by Crippen LogP contribution is 2.18. The first-order valence-corrected chi connectivity index (χ1v) is 5.20. The van der Waals surface area contributed by atoms with Crippen LogP contribution >= 0.6 is 0 Å². The molecule has 0 spiro atoms. The number of rotatable bonds is 3. The van der Waals surface area contributed by atoms with Gasteiger partial charge in [0.15, 0.2) is 0 Å². The minimum Gasteiger partial charge on any atom is -0.478 e. The van der Waals surface area contributed by atoms with Crippen LogP contribution in [0.4, 0.5) is 4.39 Å². The van der Waals surface area contributed by atoms with Crippen LogP contribution in [0.5, 0.6) is 0 Å². The summed E-state index contributed by atoms with van der Waals surface area (Å²) in [6, 6.07) is 6.13. The van der Waals surface area contributed by atoms with E-state index in [-0.39, 0.29) is 11.3 Å². The Hall–Kier alpha value is -2.17. The van der Waals surface area contributed by atoms with Crippen LogP contribution in [0.25, 0.3) is 5.69 Å². The van der Waals surface area contributed by atoms with E-state index in [1.807, 2.05) is 0 Å². The second-order valence-electron chi connectivity index (χ2n) is 3.53. The van der Waals surface area contributed by atoms with Gasteiger partial charge in [0.05, 0.1) is 11.9 Å². The molecule has 0 radical (unpaired) electrons. The highest BCUT2D eigenvalue weighted by Gasteiger charge is 2.17. The number of carbonyl (C=O) groups is 1. The Morgan fingerprint density at radius 2 is 2.18 bits per heavy atom. The Morgan fingerprint density at radius 3 is 2.76 bits per heavy atom. The predicted octanol–water partition coefficient (Wildman–Crippen LogP) is 2.27. The van der Waals surface area contributed by atoms with Gasteiger partial charge < -0.3 is 5.11 Å². The number of carboxylic acids is 1. The van der Waals surface area contributed by atoms with Gasteiger partial charge in [-0.05, 0) is 18.6 Å². The third-order valence-electron chi connectivity index (χ3n) is 2.51. The number of nitrogens with zero attached hydrogens (tertiary/aromatic N) is 2. The number of hydrogen-bond acceptors (Lipinski definition) is 2. The van der Waals surface area contributed by atoms with Gasteiger partial charge in [0, 0.05) is 0 Å². The molecular weight excluding hydrogens is 223 g/mol. The summed E-state index contributed by atoms with van der Waals surface area (Å²) in [5.41, 5.74) is 0.857. The second-order valence-corrected chi connectivity index (χ2v) is 3.53. The van der Waals surface area contributed by atoms with Crippen molar-refractivity contribution in [3.8, 4) is 5.69 Å². The highest BCUT2D eigenvalue weighted by molar-refractivity contribution is 5.88. The summed E-state index contributed by atoms with van der Waals surface area (Å²) in [6.07, 6.45) is 1.71. The number of para-hydroxylation sites is 1. The summed E-state index contributed by atoms with van der Waals surface area (Å²) in [7, 11) is 0. The minimum absolute atomic E-state index is 0.107. The van der Waals surface area contributed by atoms with Crippen molar-refractivity contribution in [2.24, 2.45) is 0 Å². The average Bonchev–Trinajstić information content (AvgIpc) is 2.73. The summed E-state index contributed by atoms with van der Waals surface area (Å²) < 4.78 is 14.9. The summed E-state index contributed by atoms with van der Waals surface area (Å²) in [5.74, 6) is -1.48. The first-order chi connectivity index (χ1) is 8.15. The van der Waals surface area contributed by atoms with Crippen molar-refractivity contribution in [2.45, 2.75) is 13.3 Å². The zero-order valence-corrected chi connectivity index (χ0v) is 9.22. The Kier molecular flexibility index (Phi) is 2.91. The summed E-state index contributed by atoms with van der Waals surface area (Å²) in [5, 5.41) is 12.9. The van der Waals surface area contributed by atoms with E-state index in [9.17, 15) is 9.18 Å². The maximum absolute atomic E-state index is 13.6. The van der Waals surface area contributed by atoms with Gasteiger partial charge in [-0.1, -0.05) is 19.1 Å². The molecule has 17 heavy (non-hydrogen) atoms. The van der Waals surface area contributed by atoms with Crippen LogP contribution in [0.2, 0.25) is 0 Å². The number of hydrogen-bond donors (Lipinski definition) is 1. The van der Waals surface area contributed by atoms with Crippen LogP contribution in [-0.2, 0) is 6.42 Å². The van der Waals surface area contributed by atoms with Gasteiger partial charge in [-0.25, -0.2) is 13.9 Å². The molecule has 2 rings (SSSR count). The number of carboxylic acid groups (broad SMARTS) is 1. The van der Waals surface area contributed by atoms with Crippen molar-refractivity contribution in [3.63, 3.8) is 0 Å². The lowest BCUT2D eigenvalue weighted by atomic mass is 10.2. The molecule has 88 valence electrons. The Labute approximate surface area is 97.3 Å². The van der Waals surface area contributed by atoms with Crippen LogP contribution < -0.4 is 0 Å². The average molecular weight is 234 g/mol. The third-order valence-corrected chi connectivity index (χ3v) is 2.51. The molecule has 0 saturated heterocycles. The molecule has 0 unspecified atom stereocenters. The molecule has 1 heterocycles. The Morgan fingerprint density at radius 1 is 1.47 bits per heavy atom. The maximum atomic E-state index is 13.6. The summed E-state index contributed by atoms with van der Waals surface area (Å²) >= 11 is 0. The van der Waals surface area contributed by atoms with Gasteiger partial charge in [-0.3, -0.25) is 0 Å². The van der Waals surface area contributed by atoms with Gasteiger partial charge in [0.2, 0.25) is 0 Å². The third kappa shape index (κ3) is 1.91. The lowest BCUT2D eigenvalue weighted by Crippen LogP contribution is -2.07.